The van der Waals surface area contributed by atoms with E-state index in [-0.39, 0.29) is 0 Å². The quantitative estimate of drug-likeness (QED) is 0.466. The van der Waals surface area contributed by atoms with Crippen molar-refractivity contribution in [2.45, 2.75) is 86.7 Å². The normalized spacial score (nSPS) is 62.8. The Balaban J connectivity index is 1.59. The molecule has 14 atom stereocenters. The number of rotatable bonds is 0. The molecule has 11 unspecified atom stereocenters. The van der Waals surface area contributed by atoms with Crippen LogP contribution in [0.1, 0.15) is 74.7 Å². The fourth-order valence-electron chi connectivity index (χ4n) is 7.77. The highest BCUT2D eigenvalue weighted by Crippen LogP contribution is 2.56. The minimum atomic E-state index is 0.868. The maximum Gasteiger partial charge on any atom is 0.0272 e. The van der Waals surface area contributed by atoms with Crippen molar-refractivity contribution < 1.29 is 0 Å². The third kappa shape index (κ3) is 2.90. The average Bonchev–Trinajstić information content (AvgIpc) is 3.32. The van der Waals surface area contributed by atoms with Crippen molar-refractivity contribution in [1.82, 2.24) is 4.90 Å². The van der Waals surface area contributed by atoms with E-state index in [1.807, 2.05) is 0 Å². The highest BCUT2D eigenvalue weighted by atomic mass is 15.4. The molecule has 4 fully saturated rings. The first-order valence-corrected chi connectivity index (χ1v) is 12.0. The summed E-state index contributed by atoms with van der Waals surface area (Å²) in [4.78, 5) is 2.82. The molecule has 0 N–H and O–H groups in total. The molecule has 2 saturated carbocycles. The van der Waals surface area contributed by atoms with E-state index in [0.717, 1.165) is 77.2 Å². The summed E-state index contributed by atoms with van der Waals surface area (Å²) in [5.41, 5.74) is 0. The monoisotopic (exact) mass is 359 g/mol. The van der Waals surface area contributed by atoms with Crippen molar-refractivity contribution in [2.24, 2.45) is 65.1 Å². The molecule has 0 amide bonds. The predicted molar refractivity (Wildman–Crippen MR) is 112 cm³/mol. The van der Waals surface area contributed by atoms with Gasteiger partial charge in [-0.15, -0.1) is 0 Å². The summed E-state index contributed by atoms with van der Waals surface area (Å²) in [6, 6.07) is 1.87. The fraction of sp³-hybridized carbons (Fsp3) is 1.00. The Labute approximate surface area is 163 Å². The lowest BCUT2D eigenvalue weighted by molar-refractivity contribution is -0.0154. The SMILES string of the molecule is CC1CC2[C@H](C(C)C(C)C(C)CC3[C@H](C[C@H]3C)C(C)C(C)C1C)C1CN21. The van der Waals surface area contributed by atoms with Gasteiger partial charge in [0.1, 0.15) is 0 Å². The van der Waals surface area contributed by atoms with Gasteiger partial charge >= 0.3 is 0 Å². The van der Waals surface area contributed by atoms with Gasteiger partial charge in [0, 0.05) is 18.6 Å². The maximum absolute atomic E-state index is 2.82. The van der Waals surface area contributed by atoms with Gasteiger partial charge in [-0.2, -0.15) is 0 Å². The van der Waals surface area contributed by atoms with Crippen LogP contribution in [0, 0.1) is 65.1 Å². The first-order chi connectivity index (χ1) is 12.2. The highest BCUT2D eigenvalue weighted by molar-refractivity contribution is 5.15. The van der Waals surface area contributed by atoms with E-state index in [4.69, 9.17) is 0 Å². The lowest BCUT2D eigenvalue weighted by atomic mass is 9.55. The molecule has 0 aromatic rings. The molecule has 0 aromatic carbocycles. The van der Waals surface area contributed by atoms with Gasteiger partial charge < -0.3 is 0 Å². The van der Waals surface area contributed by atoms with Gasteiger partial charge in [-0.05, 0) is 84.4 Å². The van der Waals surface area contributed by atoms with Crippen molar-refractivity contribution >= 4 is 0 Å². The molecule has 0 aromatic heterocycles. The lowest BCUT2D eigenvalue weighted by Crippen LogP contribution is -2.50. The van der Waals surface area contributed by atoms with E-state index in [1.165, 1.54) is 25.8 Å². The predicted octanol–water partition coefficient (Wildman–Crippen LogP) is 6.19. The standard InChI is InChI=1S/C25H45N/c1-13-9-21-15(3)10-22(21)19(7)18(6)16(4)14(2)11-23-25(20(8)17(13)5)24-12-26(23)24/h13-25H,9-12H2,1-8H3/t13?,14?,15-,16?,17?,18?,19?,20?,21?,22-,23?,24?,25+,26?/m1/s1. The zero-order valence-corrected chi connectivity index (χ0v) is 18.8. The van der Waals surface area contributed by atoms with Crippen LogP contribution in [0.15, 0.2) is 0 Å². The van der Waals surface area contributed by atoms with Crippen molar-refractivity contribution in [1.29, 1.82) is 0 Å². The molecule has 26 heavy (non-hydrogen) atoms. The molecule has 1 nitrogen and oxygen atoms in total. The van der Waals surface area contributed by atoms with E-state index in [0.29, 0.717) is 0 Å². The number of hydrogen-bond acceptors (Lipinski definition) is 1. The van der Waals surface area contributed by atoms with Crippen LogP contribution in [0.3, 0.4) is 0 Å². The minimum absolute atomic E-state index is 0.868. The molecule has 150 valence electrons. The molecule has 2 aliphatic heterocycles. The van der Waals surface area contributed by atoms with E-state index >= 15 is 0 Å². The van der Waals surface area contributed by atoms with Crippen LogP contribution in [0.5, 0.6) is 0 Å². The van der Waals surface area contributed by atoms with Gasteiger partial charge in [-0.1, -0.05) is 55.4 Å². The number of nitrogens with zero attached hydrogens (tertiary/aromatic N) is 1. The van der Waals surface area contributed by atoms with Crippen LogP contribution in [-0.2, 0) is 0 Å². The first-order valence-electron chi connectivity index (χ1n) is 12.0. The molecule has 4 aliphatic rings. The molecule has 4 rings (SSSR count). The third-order valence-electron chi connectivity index (χ3n) is 10.8. The second-order valence-corrected chi connectivity index (χ2v) is 11.7. The highest BCUT2D eigenvalue weighted by Gasteiger charge is 2.61. The van der Waals surface area contributed by atoms with Crippen LogP contribution < -0.4 is 0 Å². The molecule has 2 saturated heterocycles. The second kappa shape index (κ2) is 6.78. The van der Waals surface area contributed by atoms with Crippen LogP contribution in [0.4, 0.5) is 0 Å². The topological polar surface area (TPSA) is 3.01 Å². The molecular formula is C25H45N. The van der Waals surface area contributed by atoms with Gasteiger partial charge in [0.15, 0.2) is 0 Å². The first kappa shape index (κ1) is 19.3. The number of hydrogen-bond donors (Lipinski definition) is 0. The van der Waals surface area contributed by atoms with Crippen LogP contribution in [-0.4, -0.2) is 23.5 Å². The van der Waals surface area contributed by atoms with Crippen molar-refractivity contribution in [3.63, 3.8) is 0 Å². The molecule has 0 bridgehead atoms. The summed E-state index contributed by atoms with van der Waals surface area (Å²) >= 11 is 0. The average molecular weight is 360 g/mol. The van der Waals surface area contributed by atoms with Crippen LogP contribution in [0.2, 0.25) is 0 Å². The zero-order valence-electron chi connectivity index (χ0n) is 18.8. The largest absolute Gasteiger partial charge is 0.294 e. The van der Waals surface area contributed by atoms with Gasteiger partial charge in [-0.3, -0.25) is 4.90 Å². The third-order valence-corrected chi connectivity index (χ3v) is 10.8. The van der Waals surface area contributed by atoms with Crippen molar-refractivity contribution in [3.8, 4) is 0 Å². The molecule has 2 aliphatic carbocycles. The Bertz CT molecular complexity index is 514. The van der Waals surface area contributed by atoms with Crippen molar-refractivity contribution in [2.75, 3.05) is 6.54 Å². The molecule has 0 spiro atoms. The smallest absolute Gasteiger partial charge is 0.0272 e. The van der Waals surface area contributed by atoms with Crippen molar-refractivity contribution in [3.05, 3.63) is 0 Å². The van der Waals surface area contributed by atoms with E-state index in [9.17, 15) is 0 Å². The molecule has 1 heteroatoms. The van der Waals surface area contributed by atoms with Gasteiger partial charge in [0.05, 0.1) is 0 Å². The lowest BCUT2D eigenvalue weighted by Gasteiger charge is -2.51. The van der Waals surface area contributed by atoms with E-state index in [2.05, 4.69) is 60.3 Å². The summed E-state index contributed by atoms with van der Waals surface area (Å²) in [7, 11) is 0. The minimum Gasteiger partial charge on any atom is -0.294 e. The summed E-state index contributed by atoms with van der Waals surface area (Å²) in [5.74, 6) is 10.2. The fourth-order valence-corrected chi connectivity index (χ4v) is 7.77. The maximum atomic E-state index is 2.82. The van der Waals surface area contributed by atoms with Gasteiger partial charge in [-0.25, -0.2) is 0 Å². The van der Waals surface area contributed by atoms with Gasteiger partial charge in [0.2, 0.25) is 0 Å². The molecular weight excluding hydrogens is 314 g/mol. The Morgan fingerprint density at radius 1 is 0.500 bits per heavy atom. The van der Waals surface area contributed by atoms with E-state index in [1.54, 1.807) is 0 Å². The Morgan fingerprint density at radius 3 is 1.73 bits per heavy atom. The molecule has 2 heterocycles. The summed E-state index contributed by atoms with van der Waals surface area (Å²) in [5, 5.41) is 0. The Hall–Kier alpha value is -0.0400. The summed E-state index contributed by atoms with van der Waals surface area (Å²) in [6.45, 7) is 22.1. The second-order valence-electron chi connectivity index (χ2n) is 11.7. The Morgan fingerprint density at radius 2 is 1.08 bits per heavy atom. The zero-order chi connectivity index (χ0) is 18.9. The number of fused-ring (bicyclic) bond motifs is 5. The Kier molecular flexibility index (Phi) is 5.03. The van der Waals surface area contributed by atoms with E-state index < -0.39 is 0 Å². The van der Waals surface area contributed by atoms with Crippen LogP contribution >= 0.6 is 0 Å². The van der Waals surface area contributed by atoms with Crippen LogP contribution in [0.25, 0.3) is 0 Å². The molecule has 0 radical (unpaired) electrons. The van der Waals surface area contributed by atoms with Gasteiger partial charge in [0.25, 0.3) is 0 Å². The summed E-state index contributed by atoms with van der Waals surface area (Å²) < 4.78 is 0. The summed E-state index contributed by atoms with van der Waals surface area (Å²) in [6.07, 6.45) is 4.44.